The Bertz CT molecular complexity index is 1380. The van der Waals surface area contributed by atoms with Crippen LogP contribution in [0.3, 0.4) is 0 Å². The lowest BCUT2D eigenvalue weighted by Crippen LogP contribution is -2.47. The zero-order valence-corrected chi connectivity index (χ0v) is 51.5. The van der Waals surface area contributed by atoms with Crippen molar-refractivity contribution in [1.29, 1.82) is 0 Å². The average molecular weight is 1080 g/mol. The Morgan fingerprint density at radius 1 is 0.453 bits per heavy atom. The summed E-state index contributed by atoms with van der Waals surface area (Å²) in [4.78, 5) is 37.7. The number of nitrogens with zero attached hydrogens (tertiary/aromatic N) is 1. The summed E-state index contributed by atoms with van der Waals surface area (Å²) < 4.78 is 30.7. The highest BCUT2D eigenvalue weighted by Gasteiger charge is 2.30. The van der Waals surface area contributed by atoms with E-state index in [1.165, 1.54) is 212 Å². The maximum absolute atomic E-state index is 13.6. The van der Waals surface area contributed by atoms with Crippen molar-refractivity contribution in [3.8, 4) is 0 Å². The molecule has 3 unspecified atom stereocenters. The maximum atomic E-state index is 13.6. The molecular formula is C65H126N2O7P+. The minimum Gasteiger partial charge on any atom is -0.456 e. The standard InChI is InChI=1S/C65H125N2O7P/c1-7-10-13-16-19-22-25-28-29-30-31-32-33-34-35-36-37-40-42-45-48-51-54-57-64(68)66-62(61-73-75(70,71)72-60-59-67(4,5)6)63(56-53-50-47-44-41-38-26-23-20-17-14-11-8-2)74-65(69)58-55-52-49-46-43-39-27-24-21-18-15-12-9-3/h28-29,39,43,53,56,62-63H,7-27,30-38,40-42,44-52,54-55,57-61H2,1-6H3,(H-,66,68,70,71)/p+1/b29-28+,43-39-,56-53-. The van der Waals surface area contributed by atoms with Crippen LogP contribution < -0.4 is 5.32 Å². The first-order chi connectivity index (χ1) is 36.4. The van der Waals surface area contributed by atoms with E-state index in [0.717, 1.165) is 70.6 Å². The molecule has 10 heteroatoms. The molecule has 0 aromatic carbocycles. The molecule has 0 spiro atoms. The number of unbranched alkanes of at least 4 members (excludes halogenated alkanes) is 39. The van der Waals surface area contributed by atoms with Gasteiger partial charge in [0, 0.05) is 12.8 Å². The zero-order chi connectivity index (χ0) is 55.0. The van der Waals surface area contributed by atoms with Crippen molar-refractivity contribution >= 4 is 19.7 Å². The van der Waals surface area contributed by atoms with Gasteiger partial charge in [0.2, 0.25) is 5.91 Å². The largest absolute Gasteiger partial charge is 0.472 e. The van der Waals surface area contributed by atoms with Gasteiger partial charge >= 0.3 is 13.8 Å². The lowest BCUT2D eigenvalue weighted by atomic mass is 10.0. The van der Waals surface area contributed by atoms with E-state index in [1.807, 2.05) is 33.3 Å². The Labute approximate surface area is 466 Å². The topological polar surface area (TPSA) is 111 Å². The number of carbonyl (C=O) groups is 2. The van der Waals surface area contributed by atoms with Crippen LogP contribution in [0, 0.1) is 0 Å². The molecule has 0 aliphatic heterocycles. The summed E-state index contributed by atoms with van der Waals surface area (Å²) in [5, 5.41) is 3.06. The summed E-state index contributed by atoms with van der Waals surface area (Å²) in [6.07, 6.45) is 67.2. The molecule has 0 heterocycles. The summed E-state index contributed by atoms with van der Waals surface area (Å²) in [5.74, 6) is -0.511. The molecule has 0 rings (SSSR count). The summed E-state index contributed by atoms with van der Waals surface area (Å²) in [5.41, 5.74) is 0. The van der Waals surface area contributed by atoms with Crippen LogP contribution in [0.2, 0.25) is 0 Å². The van der Waals surface area contributed by atoms with Crippen molar-refractivity contribution < 1.29 is 37.3 Å². The highest BCUT2D eigenvalue weighted by Crippen LogP contribution is 2.43. The number of allylic oxidation sites excluding steroid dienone is 5. The fourth-order valence-corrected chi connectivity index (χ4v) is 10.3. The number of likely N-dealkylation sites (N-methyl/N-ethyl adjacent to an activating group) is 1. The number of hydrogen-bond donors (Lipinski definition) is 2. The number of hydrogen-bond acceptors (Lipinski definition) is 6. The predicted octanol–water partition coefficient (Wildman–Crippen LogP) is 19.9. The number of quaternary nitrogens is 1. The van der Waals surface area contributed by atoms with E-state index < -0.39 is 20.0 Å². The first-order valence-corrected chi connectivity index (χ1v) is 33.8. The summed E-state index contributed by atoms with van der Waals surface area (Å²) in [6.45, 7) is 7.03. The third-order valence-electron chi connectivity index (χ3n) is 14.6. The molecule has 0 aromatic rings. The second-order valence-corrected chi connectivity index (χ2v) is 24.7. The number of esters is 1. The van der Waals surface area contributed by atoms with Gasteiger partial charge in [0.25, 0.3) is 0 Å². The number of phosphoric acid groups is 1. The Balaban J connectivity index is 5.15. The minimum absolute atomic E-state index is 0.0400. The van der Waals surface area contributed by atoms with E-state index in [4.69, 9.17) is 13.8 Å². The number of phosphoric ester groups is 1. The quantitative estimate of drug-likeness (QED) is 0.0205. The summed E-state index contributed by atoms with van der Waals surface area (Å²) in [7, 11) is 1.50. The zero-order valence-electron chi connectivity index (χ0n) is 50.6. The van der Waals surface area contributed by atoms with Gasteiger partial charge in [0.1, 0.15) is 19.3 Å². The molecule has 442 valence electrons. The van der Waals surface area contributed by atoms with Crippen molar-refractivity contribution in [1.82, 2.24) is 5.32 Å². The van der Waals surface area contributed by atoms with Gasteiger partial charge in [0.05, 0.1) is 33.8 Å². The van der Waals surface area contributed by atoms with Crippen LogP contribution in [-0.2, 0) is 27.9 Å². The molecule has 1 amide bonds. The molecule has 0 fully saturated rings. The third kappa shape index (κ3) is 56.8. The molecule has 0 radical (unpaired) electrons. The monoisotopic (exact) mass is 1080 g/mol. The average Bonchev–Trinajstić information content (AvgIpc) is 3.37. The van der Waals surface area contributed by atoms with Gasteiger partial charge in [-0.2, -0.15) is 0 Å². The van der Waals surface area contributed by atoms with Gasteiger partial charge in [-0.15, -0.1) is 0 Å². The number of rotatable bonds is 59. The van der Waals surface area contributed by atoms with Gasteiger partial charge < -0.3 is 19.4 Å². The van der Waals surface area contributed by atoms with Crippen molar-refractivity contribution in [2.45, 2.75) is 328 Å². The number of amides is 1. The molecule has 9 nitrogen and oxygen atoms in total. The summed E-state index contributed by atoms with van der Waals surface area (Å²) in [6, 6.07) is -0.851. The van der Waals surface area contributed by atoms with Crippen molar-refractivity contribution in [3.63, 3.8) is 0 Å². The van der Waals surface area contributed by atoms with E-state index in [-0.39, 0.29) is 31.5 Å². The third-order valence-corrected chi connectivity index (χ3v) is 15.5. The Hall–Kier alpha value is -1.77. The molecule has 0 bridgehead atoms. The van der Waals surface area contributed by atoms with E-state index in [9.17, 15) is 19.0 Å². The van der Waals surface area contributed by atoms with Crippen molar-refractivity contribution in [3.05, 3.63) is 36.5 Å². The molecule has 2 N–H and O–H groups in total. The van der Waals surface area contributed by atoms with E-state index >= 15 is 0 Å². The Morgan fingerprint density at radius 3 is 1.15 bits per heavy atom. The number of ether oxygens (including phenoxy) is 1. The molecule has 0 saturated heterocycles. The molecule has 0 saturated carbocycles. The van der Waals surface area contributed by atoms with Crippen molar-refractivity contribution in [2.75, 3.05) is 40.9 Å². The van der Waals surface area contributed by atoms with E-state index in [2.05, 4.69) is 50.4 Å². The van der Waals surface area contributed by atoms with Crippen LogP contribution in [0.1, 0.15) is 316 Å². The van der Waals surface area contributed by atoms with Crippen LogP contribution >= 0.6 is 7.82 Å². The minimum atomic E-state index is -4.45. The molecule has 0 aromatic heterocycles. The lowest BCUT2D eigenvalue weighted by molar-refractivity contribution is -0.870. The van der Waals surface area contributed by atoms with Gasteiger partial charge in [-0.1, -0.05) is 257 Å². The first kappa shape index (κ1) is 73.2. The van der Waals surface area contributed by atoms with Crippen LogP contribution in [-0.4, -0.2) is 74.3 Å². The normalized spacial score (nSPS) is 13.9. The number of carbonyl (C=O) groups excluding carboxylic acids is 2. The molecular weight excluding hydrogens is 952 g/mol. The molecule has 0 aliphatic carbocycles. The Kier molecular flexibility index (Phi) is 54.2. The van der Waals surface area contributed by atoms with Gasteiger partial charge in [0.15, 0.2) is 0 Å². The summed E-state index contributed by atoms with van der Waals surface area (Å²) >= 11 is 0. The van der Waals surface area contributed by atoms with Crippen LogP contribution in [0.5, 0.6) is 0 Å². The molecule has 75 heavy (non-hydrogen) atoms. The molecule has 0 aliphatic rings. The lowest BCUT2D eigenvalue weighted by Gasteiger charge is -2.27. The van der Waals surface area contributed by atoms with E-state index in [1.54, 1.807) is 0 Å². The van der Waals surface area contributed by atoms with Crippen LogP contribution in [0.15, 0.2) is 36.5 Å². The highest BCUT2D eigenvalue weighted by molar-refractivity contribution is 7.47. The smallest absolute Gasteiger partial charge is 0.456 e. The SMILES string of the molecule is CCCCCCCC/C=C\CCCCCC(=O)OC(/C=C\CCCCCCCCCCCCC)C(COP(=O)(O)OCC[N+](C)(C)C)NC(=O)CCCCCCCCCCCCCCC/C=C/CCCCCCCC. The number of nitrogens with one attached hydrogen (secondary N) is 1. The molecule has 3 atom stereocenters. The van der Waals surface area contributed by atoms with Crippen LogP contribution in [0.25, 0.3) is 0 Å². The van der Waals surface area contributed by atoms with Gasteiger partial charge in [-0.25, -0.2) is 4.57 Å². The Morgan fingerprint density at radius 2 is 0.773 bits per heavy atom. The van der Waals surface area contributed by atoms with Crippen LogP contribution in [0.4, 0.5) is 0 Å². The first-order valence-electron chi connectivity index (χ1n) is 32.3. The predicted molar refractivity (Wildman–Crippen MR) is 323 cm³/mol. The second kappa shape index (κ2) is 55.5. The fourth-order valence-electron chi connectivity index (χ4n) is 9.52. The van der Waals surface area contributed by atoms with E-state index in [0.29, 0.717) is 17.4 Å². The van der Waals surface area contributed by atoms with Gasteiger partial charge in [-0.05, 0) is 83.1 Å². The second-order valence-electron chi connectivity index (χ2n) is 23.3. The fraction of sp³-hybridized carbons (Fsp3) is 0.877. The highest BCUT2D eigenvalue weighted by atomic mass is 31.2. The van der Waals surface area contributed by atoms with Crippen molar-refractivity contribution in [2.24, 2.45) is 0 Å². The van der Waals surface area contributed by atoms with Gasteiger partial charge in [-0.3, -0.25) is 18.6 Å². The maximum Gasteiger partial charge on any atom is 0.472 e.